The second kappa shape index (κ2) is 4.42. The van der Waals surface area contributed by atoms with Crippen molar-refractivity contribution in [3.8, 4) is 5.75 Å². The van der Waals surface area contributed by atoms with Gasteiger partial charge in [0.2, 0.25) is 0 Å². The molecule has 0 atom stereocenters. The van der Waals surface area contributed by atoms with Gasteiger partial charge in [-0.05, 0) is 12.5 Å². The molecule has 0 spiro atoms. The van der Waals surface area contributed by atoms with E-state index in [1.54, 1.807) is 0 Å². The SMILES string of the molecule is Cc1nc(Cc2ccccc2)c2c(c1O)COC2. The molecule has 0 aliphatic carbocycles. The summed E-state index contributed by atoms with van der Waals surface area (Å²) in [5.41, 5.74) is 4.90. The molecule has 3 heteroatoms. The molecular weight excluding hydrogens is 226 g/mol. The maximum Gasteiger partial charge on any atom is 0.142 e. The lowest BCUT2D eigenvalue weighted by Gasteiger charge is -2.10. The molecule has 0 fully saturated rings. The average Bonchev–Trinajstić information content (AvgIpc) is 2.86. The van der Waals surface area contributed by atoms with Crippen LogP contribution in [0.2, 0.25) is 0 Å². The Hall–Kier alpha value is -1.87. The Bertz CT molecular complexity index is 579. The number of aryl methyl sites for hydroxylation is 1. The number of nitrogens with zero attached hydrogens (tertiary/aromatic N) is 1. The van der Waals surface area contributed by atoms with Crippen LogP contribution in [0.5, 0.6) is 5.75 Å². The summed E-state index contributed by atoms with van der Waals surface area (Å²) in [4.78, 5) is 4.51. The second-order valence-corrected chi connectivity index (χ2v) is 4.60. The fourth-order valence-electron chi connectivity index (χ4n) is 2.37. The van der Waals surface area contributed by atoms with E-state index in [1.165, 1.54) is 5.56 Å². The highest BCUT2D eigenvalue weighted by atomic mass is 16.5. The minimum atomic E-state index is 0.291. The molecule has 18 heavy (non-hydrogen) atoms. The van der Waals surface area contributed by atoms with Crippen LogP contribution >= 0.6 is 0 Å². The Kier molecular flexibility index (Phi) is 2.76. The number of aromatic nitrogens is 1. The molecule has 2 heterocycles. The van der Waals surface area contributed by atoms with Crippen LogP contribution in [-0.4, -0.2) is 10.1 Å². The van der Waals surface area contributed by atoms with Gasteiger partial charge in [-0.3, -0.25) is 4.98 Å². The van der Waals surface area contributed by atoms with Gasteiger partial charge in [0.05, 0.1) is 24.6 Å². The van der Waals surface area contributed by atoms with Crippen LogP contribution in [-0.2, 0) is 24.4 Å². The van der Waals surface area contributed by atoms with Crippen molar-refractivity contribution in [2.75, 3.05) is 0 Å². The fourth-order valence-corrected chi connectivity index (χ4v) is 2.37. The van der Waals surface area contributed by atoms with E-state index in [0.717, 1.165) is 23.2 Å². The lowest BCUT2D eigenvalue weighted by Crippen LogP contribution is -2.02. The topological polar surface area (TPSA) is 42.4 Å². The zero-order valence-electron chi connectivity index (χ0n) is 10.3. The monoisotopic (exact) mass is 241 g/mol. The van der Waals surface area contributed by atoms with Crippen molar-refractivity contribution in [3.63, 3.8) is 0 Å². The normalized spacial score (nSPS) is 13.6. The van der Waals surface area contributed by atoms with Crippen LogP contribution in [0.4, 0.5) is 0 Å². The van der Waals surface area contributed by atoms with E-state index >= 15 is 0 Å². The first-order valence-corrected chi connectivity index (χ1v) is 6.07. The summed E-state index contributed by atoms with van der Waals surface area (Å²) >= 11 is 0. The van der Waals surface area contributed by atoms with Crippen LogP contribution in [0.25, 0.3) is 0 Å². The highest BCUT2D eigenvalue weighted by molar-refractivity contribution is 5.46. The van der Waals surface area contributed by atoms with Crippen molar-refractivity contribution >= 4 is 0 Å². The molecule has 3 rings (SSSR count). The first-order valence-electron chi connectivity index (χ1n) is 6.07. The minimum Gasteiger partial charge on any atom is -0.506 e. The lowest BCUT2D eigenvalue weighted by molar-refractivity contribution is 0.133. The van der Waals surface area contributed by atoms with E-state index in [9.17, 15) is 5.11 Å². The van der Waals surface area contributed by atoms with Crippen molar-refractivity contribution in [2.45, 2.75) is 26.6 Å². The second-order valence-electron chi connectivity index (χ2n) is 4.60. The van der Waals surface area contributed by atoms with Gasteiger partial charge >= 0.3 is 0 Å². The standard InChI is InChI=1S/C15H15NO2/c1-10-15(17)13-9-18-8-12(13)14(16-10)7-11-5-3-2-4-6-11/h2-6,17H,7-9H2,1H3. The molecule has 0 radical (unpaired) electrons. The van der Waals surface area contributed by atoms with Gasteiger partial charge < -0.3 is 9.84 Å². The summed E-state index contributed by atoms with van der Waals surface area (Å²) in [6, 6.07) is 10.2. The zero-order valence-corrected chi connectivity index (χ0v) is 10.3. The van der Waals surface area contributed by atoms with E-state index in [4.69, 9.17) is 4.74 Å². The molecule has 1 aliphatic heterocycles. The highest BCUT2D eigenvalue weighted by Gasteiger charge is 2.22. The maximum absolute atomic E-state index is 9.97. The zero-order chi connectivity index (χ0) is 12.5. The van der Waals surface area contributed by atoms with E-state index in [1.807, 2.05) is 25.1 Å². The molecule has 0 saturated heterocycles. The number of ether oxygens (including phenoxy) is 1. The predicted octanol–water partition coefficient (Wildman–Crippen LogP) is 2.72. The highest BCUT2D eigenvalue weighted by Crippen LogP contribution is 2.33. The Morgan fingerprint density at radius 1 is 1.17 bits per heavy atom. The number of fused-ring (bicyclic) bond motifs is 1. The van der Waals surface area contributed by atoms with E-state index in [0.29, 0.717) is 24.7 Å². The van der Waals surface area contributed by atoms with Crippen LogP contribution in [0.15, 0.2) is 30.3 Å². The number of hydrogen-bond acceptors (Lipinski definition) is 3. The van der Waals surface area contributed by atoms with Gasteiger partial charge in [0.15, 0.2) is 0 Å². The summed E-state index contributed by atoms with van der Waals surface area (Å²) < 4.78 is 5.43. The fraction of sp³-hybridized carbons (Fsp3) is 0.267. The van der Waals surface area contributed by atoms with Gasteiger partial charge in [-0.1, -0.05) is 30.3 Å². The maximum atomic E-state index is 9.97. The molecule has 0 amide bonds. The predicted molar refractivity (Wildman–Crippen MR) is 68.4 cm³/mol. The molecule has 1 aromatic carbocycles. The van der Waals surface area contributed by atoms with Gasteiger partial charge in [-0.25, -0.2) is 0 Å². The molecular formula is C15H15NO2. The molecule has 1 N–H and O–H groups in total. The molecule has 0 unspecified atom stereocenters. The third-order valence-corrected chi connectivity index (χ3v) is 3.35. The summed E-state index contributed by atoms with van der Waals surface area (Å²) in [6.45, 7) is 2.88. The third-order valence-electron chi connectivity index (χ3n) is 3.35. The van der Waals surface area contributed by atoms with E-state index < -0.39 is 0 Å². The van der Waals surface area contributed by atoms with E-state index in [-0.39, 0.29) is 0 Å². The average molecular weight is 241 g/mol. The number of benzene rings is 1. The largest absolute Gasteiger partial charge is 0.506 e. The molecule has 92 valence electrons. The van der Waals surface area contributed by atoms with Crippen LogP contribution < -0.4 is 0 Å². The molecule has 0 saturated carbocycles. The number of pyridine rings is 1. The van der Waals surface area contributed by atoms with Gasteiger partial charge in [0, 0.05) is 17.5 Å². The molecule has 0 bridgehead atoms. The van der Waals surface area contributed by atoms with Crippen LogP contribution in [0.1, 0.15) is 28.1 Å². The van der Waals surface area contributed by atoms with Crippen molar-refractivity contribution in [1.82, 2.24) is 4.98 Å². The lowest BCUT2D eigenvalue weighted by atomic mass is 10.0. The first kappa shape index (κ1) is 11.2. The van der Waals surface area contributed by atoms with Crippen LogP contribution in [0, 0.1) is 6.92 Å². The van der Waals surface area contributed by atoms with E-state index in [2.05, 4.69) is 17.1 Å². The van der Waals surface area contributed by atoms with Gasteiger partial charge in [0.25, 0.3) is 0 Å². The molecule has 1 aromatic heterocycles. The summed E-state index contributed by atoms with van der Waals surface area (Å²) in [5.74, 6) is 0.291. The van der Waals surface area contributed by atoms with Crippen molar-refractivity contribution < 1.29 is 9.84 Å². The smallest absolute Gasteiger partial charge is 0.142 e. The third kappa shape index (κ3) is 1.87. The summed E-state index contributed by atoms with van der Waals surface area (Å²) in [6.07, 6.45) is 0.785. The number of aromatic hydroxyl groups is 1. The van der Waals surface area contributed by atoms with Crippen LogP contribution in [0.3, 0.4) is 0 Å². The Morgan fingerprint density at radius 3 is 2.67 bits per heavy atom. The molecule has 2 aromatic rings. The Morgan fingerprint density at radius 2 is 1.89 bits per heavy atom. The van der Waals surface area contributed by atoms with Gasteiger partial charge in [0.1, 0.15) is 5.75 Å². The van der Waals surface area contributed by atoms with Crippen molar-refractivity contribution in [2.24, 2.45) is 0 Å². The van der Waals surface area contributed by atoms with Gasteiger partial charge in [-0.15, -0.1) is 0 Å². The number of hydrogen-bond donors (Lipinski definition) is 1. The molecule has 1 aliphatic rings. The summed E-state index contributed by atoms with van der Waals surface area (Å²) in [5, 5.41) is 9.97. The van der Waals surface area contributed by atoms with Crippen molar-refractivity contribution in [1.29, 1.82) is 0 Å². The van der Waals surface area contributed by atoms with Gasteiger partial charge in [-0.2, -0.15) is 0 Å². The first-order chi connectivity index (χ1) is 8.75. The minimum absolute atomic E-state index is 0.291. The Balaban J connectivity index is 2.03. The van der Waals surface area contributed by atoms with Crippen molar-refractivity contribution in [3.05, 3.63) is 58.4 Å². The summed E-state index contributed by atoms with van der Waals surface area (Å²) in [7, 11) is 0. The Labute approximate surface area is 106 Å². The molecule has 3 nitrogen and oxygen atoms in total. The quantitative estimate of drug-likeness (QED) is 0.879. The number of rotatable bonds is 2.